The zero-order valence-corrected chi connectivity index (χ0v) is 12.8. The summed E-state index contributed by atoms with van der Waals surface area (Å²) < 4.78 is 15.6. The van der Waals surface area contributed by atoms with Gasteiger partial charge in [0.1, 0.15) is 0 Å². The second-order valence-corrected chi connectivity index (χ2v) is 4.61. The minimum Gasteiger partial charge on any atom is -0.382 e. The van der Waals surface area contributed by atoms with Gasteiger partial charge in [0.15, 0.2) is 0 Å². The fourth-order valence-corrected chi connectivity index (χ4v) is 1.77. The van der Waals surface area contributed by atoms with Gasteiger partial charge in [-0.3, -0.25) is 0 Å². The topological polar surface area (TPSA) is 39.7 Å². The molecule has 0 aromatic heterocycles. The molecule has 0 saturated heterocycles. The molecule has 114 valence electrons. The van der Waals surface area contributed by atoms with Crippen LogP contribution < -0.4 is 5.32 Å². The van der Waals surface area contributed by atoms with Crippen molar-refractivity contribution in [1.29, 1.82) is 0 Å². The van der Waals surface area contributed by atoms with Gasteiger partial charge in [0.2, 0.25) is 0 Å². The predicted octanol–water partition coefficient (Wildman–Crippen LogP) is 2.19. The van der Waals surface area contributed by atoms with E-state index in [1.165, 1.54) is 5.56 Å². The third-order valence-corrected chi connectivity index (χ3v) is 3.04. The first-order valence-electron chi connectivity index (χ1n) is 6.85. The molecule has 4 nitrogen and oxygen atoms in total. The Bertz CT molecular complexity index is 332. The van der Waals surface area contributed by atoms with Crippen LogP contribution in [0, 0.1) is 0 Å². The molecule has 0 aliphatic rings. The molecule has 20 heavy (non-hydrogen) atoms. The fourth-order valence-electron chi connectivity index (χ4n) is 1.59. The smallest absolute Gasteiger partial charge is 0.0701 e. The third kappa shape index (κ3) is 8.51. The van der Waals surface area contributed by atoms with E-state index in [9.17, 15) is 0 Å². The monoisotopic (exact) mass is 301 g/mol. The normalized spacial score (nSPS) is 10.9. The summed E-state index contributed by atoms with van der Waals surface area (Å²) in [7, 11) is 1.66. The van der Waals surface area contributed by atoms with E-state index >= 15 is 0 Å². The van der Waals surface area contributed by atoms with E-state index in [0.717, 1.165) is 18.7 Å². The van der Waals surface area contributed by atoms with Gasteiger partial charge >= 0.3 is 0 Å². The zero-order valence-electron chi connectivity index (χ0n) is 12.1. The third-order valence-electron chi connectivity index (χ3n) is 2.73. The number of nitrogens with one attached hydrogen (secondary N) is 1. The van der Waals surface area contributed by atoms with Crippen molar-refractivity contribution < 1.29 is 14.2 Å². The molecule has 0 amide bonds. The lowest BCUT2D eigenvalue weighted by molar-refractivity contribution is 0.0255. The van der Waals surface area contributed by atoms with Crippen LogP contribution in [-0.4, -0.2) is 46.7 Å². The average molecular weight is 302 g/mol. The van der Waals surface area contributed by atoms with E-state index in [4.69, 9.17) is 25.8 Å². The van der Waals surface area contributed by atoms with Crippen LogP contribution in [0.15, 0.2) is 24.3 Å². The Morgan fingerprint density at radius 1 is 0.900 bits per heavy atom. The summed E-state index contributed by atoms with van der Waals surface area (Å²) in [6.45, 7) is 4.85. The summed E-state index contributed by atoms with van der Waals surface area (Å²) in [5, 5.41) is 3.33. The quantitative estimate of drug-likeness (QED) is 0.474. The first-order valence-corrected chi connectivity index (χ1v) is 7.39. The molecule has 0 aliphatic heterocycles. The van der Waals surface area contributed by atoms with Gasteiger partial charge in [-0.1, -0.05) is 24.3 Å². The second-order valence-electron chi connectivity index (χ2n) is 4.34. The molecule has 0 aliphatic carbocycles. The van der Waals surface area contributed by atoms with Crippen LogP contribution in [0.25, 0.3) is 0 Å². The fraction of sp³-hybridized carbons (Fsp3) is 0.600. The molecule has 0 saturated carbocycles. The molecule has 0 spiro atoms. The summed E-state index contributed by atoms with van der Waals surface area (Å²) in [6.07, 6.45) is 0. The van der Waals surface area contributed by atoms with E-state index in [0.29, 0.717) is 38.9 Å². The molecule has 0 fully saturated rings. The van der Waals surface area contributed by atoms with Gasteiger partial charge in [0, 0.05) is 26.1 Å². The Hall–Kier alpha value is -0.650. The first-order chi connectivity index (χ1) is 9.86. The number of ether oxygens (including phenoxy) is 3. The highest BCUT2D eigenvalue weighted by molar-refractivity contribution is 6.17. The molecular formula is C15H24ClNO3. The van der Waals surface area contributed by atoms with Crippen LogP contribution in [0.5, 0.6) is 0 Å². The van der Waals surface area contributed by atoms with Gasteiger partial charge in [0.05, 0.1) is 33.0 Å². The maximum atomic E-state index is 5.75. The Balaban J connectivity index is 1.91. The van der Waals surface area contributed by atoms with Crippen molar-refractivity contribution in [1.82, 2.24) is 5.32 Å². The number of halogens is 1. The van der Waals surface area contributed by atoms with E-state index in [1.54, 1.807) is 7.11 Å². The van der Waals surface area contributed by atoms with E-state index < -0.39 is 0 Å². The van der Waals surface area contributed by atoms with Crippen LogP contribution >= 0.6 is 11.6 Å². The highest BCUT2D eigenvalue weighted by atomic mass is 35.5. The van der Waals surface area contributed by atoms with Crippen LogP contribution in [0.2, 0.25) is 0 Å². The molecule has 1 N–H and O–H groups in total. The molecule has 0 bridgehead atoms. The summed E-state index contributed by atoms with van der Waals surface area (Å²) in [4.78, 5) is 0. The molecule has 1 aromatic rings. The molecule has 0 atom stereocenters. The van der Waals surface area contributed by atoms with Gasteiger partial charge < -0.3 is 19.5 Å². The zero-order chi connectivity index (χ0) is 14.5. The molecule has 0 unspecified atom stereocenters. The van der Waals surface area contributed by atoms with Gasteiger partial charge in [-0.15, -0.1) is 11.6 Å². The van der Waals surface area contributed by atoms with E-state index in [2.05, 4.69) is 29.6 Å². The minimum atomic E-state index is 0.563. The van der Waals surface area contributed by atoms with Gasteiger partial charge in [-0.2, -0.15) is 0 Å². The largest absolute Gasteiger partial charge is 0.382 e. The van der Waals surface area contributed by atoms with Crippen molar-refractivity contribution in [3.8, 4) is 0 Å². The lowest BCUT2D eigenvalue weighted by Gasteiger charge is -2.07. The van der Waals surface area contributed by atoms with Gasteiger partial charge in [0.25, 0.3) is 0 Å². The summed E-state index contributed by atoms with van der Waals surface area (Å²) >= 11 is 5.75. The predicted molar refractivity (Wildman–Crippen MR) is 81.2 cm³/mol. The lowest BCUT2D eigenvalue weighted by Crippen LogP contribution is -2.20. The van der Waals surface area contributed by atoms with Crippen molar-refractivity contribution in [2.45, 2.75) is 12.4 Å². The molecular weight excluding hydrogens is 278 g/mol. The van der Waals surface area contributed by atoms with Crippen molar-refractivity contribution in [3.05, 3.63) is 35.4 Å². The van der Waals surface area contributed by atoms with Crippen molar-refractivity contribution in [3.63, 3.8) is 0 Å². The lowest BCUT2D eigenvalue weighted by atomic mass is 10.1. The van der Waals surface area contributed by atoms with E-state index in [-0.39, 0.29) is 0 Å². The van der Waals surface area contributed by atoms with Crippen LogP contribution in [0.3, 0.4) is 0 Å². The maximum absolute atomic E-state index is 5.75. The second kappa shape index (κ2) is 12.1. The highest BCUT2D eigenvalue weighted by Gasteiger charge is 1.94. The number of hydrogen-bond acceptors (Lipinski definition) is 4. The number of alkyl halides is 1. The minimum absolute atomic E-state index is 0.563. The number of rotatable bonds is 12. The number of benzene rings is 1. The average Bonchev–Trinajstić information content (AvgIpc) is 2.50. The van der Waals surface area contributed by atoms with Gasteiger partial charge in [-0.05, 0) is 11.1 Å². The highest BCUT2D eigenvalue weighted by Crippen LogP contribution is 2.06. The van der Waals surface area contributed by atoms with Crippen LogP contribution in [0.1, 0.15) is 11.1 Å². The Morgan fingerprint density at radius 3 is 2.15 bits per heavy atom. The van der Waals surface area contributed by atoms with Crippen LogP contribution in [0.4, 0.5) is 0 Å². The van der Waals surface area contributed by atoms with Crippen LogP contribution in [-0.2, 0) is 26.6 Å². The summed E-state index contributed by atoms with van der Waals surface area (Å²) in [5.74, 6) is 0.563. The molecule has 0 radical (unpaired) electrons. The SMILES string of the molecule is COCCOCCOCCNCc1ccc(CCl)cc1. The van der Waals surface area contributed by atoms with Gasteiger partial charge in [-0.25, -0.2) is 0 Å². The molecule has 5 heteroatoms. The van der Waals surface area contributed by atoms with Crippen molar-refractivity contribution in [2.24, 2.45) is 0 Å². The summed E-state index contributed by atoms with van der Waals surface area (Å²) in [6, 6.07) is 8.29. The molecule has 1 rings (SSSR count). The summed E-state index contributed by atoms with van der Waals surface area (Å²) in [5.41, 5.74) is 2.40. The van der Waals surface area contributed by atoms with Crippen molar-refractivity contribution in [2.75, 3.05) is 46.7 Å². The number of methoxy groups -OCH3 is 1. The Morgan fingerprint density at radius 2 is 1.50 bits per heavy atom. The molecule has 1 aromatic carbocycles. The number of hydrogen-bond donors (Lipinski definition) is 1. The van der Waals surface area contributed by atoms with E-state index in [1.807, 2.05) is 0 Å². The molecule has 0 heterocycles. The maximum Gasteiger partial charge on any atom is 0.0701 e. The first kappa shape index (κ1) is 17.4. The standard InChI is InChI=1S/C15H24ClNO3/c1-18-8-9-20-11-10-19-7-6-17-13-15-4-2-14(12-16)3-5-15/h2-5,17H,6-13H2,1H3. The van der Waals surface area contributed by atoms with Crippen molar-refractivity contribution >= 4 is 11.6 Å². The Kier molecular flexibility index (Phi) is 10.5. The Labute approximate surface area is 126 Å².